The Morgan fingerprint density at radius 3 is 2.73 bits per heavy atom. The summed E-state index contributed by atoms with van der Waals surface area (Å²) in [6, 6.07) is 0.0830. The predicted molar refractivity (Wildman–Crippen MR) is 42.2 cm³/mol. The average Bonchev–Trinajstić information content (AvgIpc) is 2.56. The van der Waals surface area contributed by atoms with Gasteiger partial charge in [-0.2, -0.15) is 0 Å². The van der Waals surface area contributed by atoms with E-state index in [9.17, 15) is 4.39 Å². The fourth-order valence-corrected chi connectivity index (χ4v) is 1.01. The van der Waals surface area contributed by atoms with Crippen LogP contribution in [0.4, 0.5) is 4.39 Å². The van der Waals surface area contributed by atoms with Crippen molar-refractivity contribution in [1.82, 2.24) is 5.32 Å². The molecule has 1 aliphatic rings. The van der Waals surface area contributed by atoms with Gasteiger partial charge in [-0.15, -0.1) is 0 Å². The summed E-state index contributed by atoms with van der Waals surface area (Å²) >= 11 is 0. The number of alkyl halides is 1. The number of rotatable bonds is 4. The molecule has 3 unspecified atom stereocenters. The van der Waals surface area contributed by atoms with Gasteiger partial charge in [-0.1, -0.05) is 6.92 Å². The standard InChI is InChI=1S/C8H16FNO/c1-6(4-11)10-5-8(2)3-7(8)9/h6-7,10-11H,3-5H2,1-2H3. The van der Waals surface area contributed by atoms with Crippen molar-refractivity contribution in [2.75, 3.05) is 13.2 Å². The highest BCUT2D eigenvalue weighted by Crippen LogP contribution is 2.47. The van der Waals surface area contributed by atoms with Gasteiger partial charge >= 0.3 is 0 Å². The first-order chi connectivity index (χ1) is 5.08. The average molecular weight is 161 g/mol. The van der Waals surface area contributed by atoms with Gasteiger partial charge in [-0.05, 0) is 13.3 Å². The largest absolute Gasteiger partial charge is 0.395 e. The van der Waals surface area contributed by atoms with Crippen LogP contribution in [-0.4, -0.2) is 30.5 Å². The fraction of sp³-hybridized carbons (Fsp3) is 1.00. The highest BCUT2D eigenvalue weighted by atomic mass is 19.1. The van der Waals surface area contributed by atoms with Crippen LogP contribution in [-0.2, 0) is 0 Å². The minimum Gasteiger partial charge on any atom is -0.395 e. The van der Waals surface area contributed by atoms with E-state index >= 15 is 0 Å². The molecule has 2 N–H and O–H groups in total. The van der Waals surface area contributed by atoms with Crippen LogP contribution in [0.25, 0.3) is 0 Å². The third kappa shape index (κ3) is 2.14. The summed E-state index contributed by atoms with van der Waals surface area (Å²) in [4.78, 5) is 0. The Hall–Kier alpha value is -0.150. The zero-order chi connectivity index (χ0) is 8.48. The lowest BCUT2D eigenvalue weighted by Crippen LogP contribution is -2.34. The number of aliphatic hydroxyl groups is 1. The molecule has 11 heavy (non-hydrogen) atoms. The van der Waals surface area contributed by atoms with Crippen LogP contribution in [0.5, 0.6) is 0 Å². The Morgan fingerprint density at radius 2 is 2.36 bits per heavy atom. The predicted octanol–water partition coefficient (Wildman–Crippen LogP) is 0.705. The molecule has 0 amide bonds. The molecule has 2 nitrogen and oxygen atoms in total. The summed E-state index contributed by atoms with van der Waals surface area (Å²) in [6.45, 7) is 4.61. The summed E-state index contributed by atoms with van der Waals surface area (Å²) in [5, 5.41) is 11.7. The number of hydrogen-bond donors (Lipinski definition) is 2. The zero-order valence-corrected chi connectivity index (χ0v) is 7.10. The first-order valence-electron chi connectivity index (χ1n) is 4.07. The fourth-order valence-electron chi connectivity index (χ4n) is 1.01. The van der Waals surface area contributed by atoms with Gasteiger partial charge in [-0.3, -0.25) is 0 Å². The van der Waals surface area contributed by atoms with Crippen molar-refractivity contribution in [3.8, 4) is 0 Å². The second kappa shape index (κ2) is 3.07. The van der Waals surface area contributed by atoms with Crippen LogP contribution in [0.1, 0.15) is 20.3 Å². The lowest BCUT2D eigenvalue weighted by atomic mass is 10.1. The normalized spacial score (nSPS) is 38.7. The highest BCUT2D eigenvalue weighted by Gasteiger charge is 2.50. The SMILES string of the molecule is CC(CO)NCC1(C)CC1F. The van der Waals surface area contributed by atoms with Crippen LogP contribution in [0.15, 0.2) is 0 Å². The van der Waals surface area contributed by atoms with E-state index in [1.165, 1.54) is 0 Å². The Morgan fingerprint density at radius 1 is 1.82 bits per heavy atom. The van der Waals surface area contributed by atoms with Crippen LogP contribution in [0.3, 0.4) is 0 Å². The van der Waals surface area contributed by atoms with Gasteiger partial charge in [0.15, 0.2) is 0 Å². The Kier molecular flexibility index (Phi) is 2.50. The van der Waals surface area contributed by atoms with Crippen molar-refractivity contribution in [1.29, 1.82) is 0 Å². The molecule has 1 aliphatic carbocycles. The molecular weight excluding hydrogens is 145 g/mol. The summed E-state index contributed by atoms with van der Waals surface area (Å²) in [6.07, 6.45) is 0.0268. The van der Waals surface area contributed by atoms with Crippen molar-refractivity contribution in [3.05, 3.63) is 0 Å². The van der Waals surface area contributed by atoms with Gasteiger partial charge in [0.05, 0.1) is 6.61 Å². The van der Waals surface area contributed by atoms with E-state index in [2.05, 4.69) is 5.32 Å². The quantitative estimate of drug-likeness (QED) is 0.636. The Balaban J connectivity index is 2.13. The molecule has 0 aromatic heterocycles. The molecule has 66 valence electrons. The van der Waals surface area contributed by atoms with Gasteiger partial charge in [0.2, 0.25) is 0 Å². The molecule has 0 aromatic carbocycles. The molecule has 0 aliphatic heterocycles. The van der Waals surface area contributed by atoms with Gasteiger partial charge < -0.3 is 10.4 Å². The smallest absolute Gasteiger partial charge is 0.107 e. The molecule has 3 atom stereocenters. The maximum Gasteiger partial charge on any atom is 0.107 e. The third-order valence-corrected chi connectivity index (χ3v) is 2.37. The second-order valence-corrected chi connectivity index (χ2v) is 3.79. The summed E-state index contributed by atoms with van der Waals surface area (Å²) in [7, 11) is 0. The Bertz CT molecular complexity index is 142. The lowest BCUT2D eigenvalue weighted by Gasteiger charge is -2.14. The molecule has 0 heterocycles. The molecule has 0 radical (unpaired) electrons. The molecule has 1 fully saturated rings. The number of nitrogens with one attached hydrogen (secondary N) is 1. The van der Waals surface area contributed by atoms with Crippen molar-refractivity contribution < 1.29 is 9.50 Å². The monoisotopic (exact) mass is 161 g/mol. The number of aliphatic hydroxyl groups excluding tert-OH is 1. The molecule has 0 saturated heterocycles. The minimum atomic E-state index is -0.638. The van der Waals surface area contributed by atoms with E-state index in [4.69, 9.17) is 5.11 Å². The van der Waals surface area contributed by atoms with E-state index < -0.39 is 6.17 Å². The van der Waals surface area contributed by atoms with Crippen LogP contribution in [0, 0.1) is 5.41 Å². The van der Waals surface area contributed by atoms with Crippen LogP contribution >= 0.6 is 0 Å². The Labute approximate surface area is 66.8 Å². The molecule has 1 rings (SSSR count). The van der Waals surface area contributed by atoms with E-state index in [0.717, 1.165) is 0 Å². The van der Waals surface area contributed by atoms with Gasteiger partial charge in [0, 0.05) is 18.0 Å². The van der Waals surface area contributed by atoms with E-state index in [0.29, 0.717) is 13.0 Å². The van der Waals surface area contributed by atoms with Gasteiger partial charge in [0.1, 0.15) is 6.17 Å². The van der Waals surface area contributed by atoms with E-state index in [1.54, 1.807) is 0 Å². The topological polar surface area (TPSA) is 32.3 Å². The summed E-state index contributed by atoms with van der Waals surface area (Å²) < 4.78 is 12.6. The second-order valence-electron chi connectivity index (χ2n) is 3.79. The zero-order valence-electron chi connectivity index (χ0n) is 7.10. The molecule has 1 saturated carbocycles. The molecular formula is C8H16FNO. The molecule has 3 heteroatoms. The highest BCUT2D eigenvalue weighted by molar-refractivity contribution is 5.01. The summed E-state index contributed by atoms with van der Waals surface area (Å²) in [5.74, 6) is 0. The molecule has 0 aromatic rings. The number of hydrogen-bond acceptors (Lipinski definition) is 2. The van der Waals surface area contributed by atoms with Gasteiger partial charge in [0.25, 0.3) is 0 Å². The van der Waals surface area contributed by atoms with Gasteiger partial charge in [-0.25, -0.2) is 4.39 Å². The van der Waals surface area contributed by atoms with Crippen molar-refractivity contribution >= 4 is 0 Å². The first-order valence-corrected chi connectivity index (χ1v) is 4.07. The maximum atomic E-state index is 12.6. The van der Waals surface area contributed by atoms with Crippen LogP contribution in [0.2, 0.25) is 0 Å². The third-order valence-electron chi connectivity index (χ3n) is 2.37. The number of halogens is 1. The lowest BCUT2D eigenvalue weighted by molar-refractivity contribution is 0.241. The van der Waals surface area contributed by atoms with E-state index in [-0.39, 0.29) is 18.1 Å². The first kappa shape index (κ1) is 8.94. The van der Waals surface area contributed by atoms with E-state index in [1.807, 2.05) is 13.8 Å². The molecule has 0 bridgehead atoms. The minimum absolute atomic E-state index is 0.0830. The van der Waals surface area contributed by atoms with Crippen molar-refractivity contribution in [2.45, 2.75) is 32.5 Å². The maximum absolute atomic E-state index is 12.6. The van der Waals surface area contributed by atoms with Crippen LogP contribution < -0.4 is 5.32 Å². The van der Waals surface area contributed by atoms with Crippen molar-refractivity contribution in [2.24, 2.45) is 5.41 Å². The summed E-state index contributed by atoms with van der Waals surface area (Å²) in [5.41, 5.74) is -0.149. The molecule has 0 spiro atoms. The van der Waals surface area contributed by atoms with Crippen molar-refractivity contribution in [3.63, 3.8) is 0 Å².